The van der Waals surface area contributed by atoms with E-state index in [4.69, 9.17) is 10.5 Å². The average molecular weight is 123 g/mol. The number of rotatable bonds is 0. The molecule has 0 unspecified atom stereocenters. The predicted octanol–water partition coefficient (Wildman–Crippen LogP) is 0.494. The lowest BCUT2D eigenvalue weighted by Gasteiger charge is -1.93. The molecule has 9 heavy (non-hydrogen) atoms. The molecule has 46 valence electrons. The first-order valence-corrected chi connectivity index (χ1v) is 2.63. The van der Waals surface area contributed by atoms with Crippen LogP contribution in [0, 0.1) is 0 Å². The Bertz CT molecular complexity index is 236. The van der Waals surface area contributed by atoms with Crippen LogP contribution in [-0.2, 0) is 4.74 Å². The van der Waals surface area contributed by atoms with E-state index in [-0.39, 0.29) is 0 Å². The normalized spacial score (nSPS) is 22.0. The van der Waals surface area contributed by atoms with Crippen LogP contribution in [0.4, 0.5) is 0 Å². The van der Waals surface area contributed by atoms with Gasteiger partial charge in [0.2, 0.25) is 0 Å². The molecule has 2 heterocycles. The summed E-state index contributed by atoms with van der Waals surface area (Å²) in [5.74, 6) is 1.02. The van der Waals surface area contributed by atoms with Crippen molar-refractivity contribution in [3.63, 3.8) is 0 Å². The highest BCUT2D eigenvalue weighted by molar-refractivity contribution is 5.34. The van der Waals surface area contributed by atoms with Crippen LogP contribution in [0.1, 0.15) is 0 Å². The monoisotopic (exact) mass is 123 g/mol. The van der Waals surface area contributed by atoms with E-state index in [0.29, 0.717) is 18.2 Å². The third-order valence-electron chi connectivity index (χ3n) is 1.24. The van der Waals surface area contributed by atoms with Crippen LogP contribution in [0.3, 0.4) is 0 Å². The van der Waals surface area contributed by atoms with Crippen LogP contribution in [-0.4, -0.2) is 6.61 Å². The van der Waals surface area contributed by atoms with Gasteiger partial charge in [-0.3, -0.25) is 0 Å². The molecule has 0 aromatic carbocycles. The minimum absolute atomic E-state index is 0.388. The first-order valence-electron chi connectivity index (χ1n) is 2.63. The smallest absolute Gasteiger partial charge is 0.191 e. The van der Waals surface area contributed by atoms with Crippen LogP contribution in [0.25, 0.3) is 0 Å². The second kappa shape index (κ2) is 1.34. The van der Waals surface area contributed by atoms with Gasteiger partial charge >= 0.3 is 0 Å². The molecule has 0 aliphatic carbocycles. The number of hydrogen-bond donors (Lipinski definition) is 1. The minimum Gasteiger partial charge on any atom is -0.483 e. The Hall–Kier alpha value is -1.32. The lowest BCUT2D eigenvalue weighted by molar-refractivity contribution is 0.273. The maximum atomic E-state index is 5.37. The van der Waals surface area contributed by atoms with Gasteiger partial charge < -0.3 is 10.5 Å². The van der Waals surface area contributed by atoms with E-state index in [1.807, 2.05) is 6.08 Å². The molecule has 0 radical (unpaired) electrons. The van der Waals surface area contributed by atoms with E-state index in [2.05, 4.69) is 10.2 Å². The molecule has 0 saturated heterocycles. The number of ether oxygens (including phenoxy) is 1. The van der Waals surface area contributed by atoms with Crippen molar-refractivity contribution in [1.82, 2.24) is 0 Å². The Balaban J connectivity index is 2.52. The van der Waals surface area contributed by atoms with Gasteiger partial charge in [-0.15, -0.1) is 10.2 Å². The molecule has 2 rings (SSSR count). The first-order chi connectivity index (χ1) is 4.38. The SMILES string of the molecule is NC1=C2OCC=C2N=N1. The fourth-order valence-corrected chi connectivity index (χ4v) is 0.815. The highest BCUT2D eigenvalue weighted by atomic mass is 16.5. The zero-order valence-corrected chi connectivity index (χ0v) is 4.66. The molecule has 0 aromatic rings. The zero-order valence-electron chi connectivity index (χ0n) is 4.66. The van der Waals surface area contributed by atoms with E-state index in [0.717, 1.165) is 5.70 Å². The Labute approximate surface area is 51.7 Å². The van der Waals surface area contributed by atoms with Crippen molar-refractivity contribution in [1.29, 1.82) is 0 Å². The molecule has 0 spiro atoms. The maximum absolute atomic E-state index is 5.37. The van der Waals surface area contributed by atoms with E-state index in [1.54, 1.807) is 0 Å². The number of fused-ring (bicyclic) bond motifs is 1. The van der Waals surface area contributed by atoms with Crippen LogP contribution in [0.15, 0.2) is 33.6 Å². The van der Waals surface area contributed by atoms with Crippen LogP contribution >= 0.6 is 0 Å². The molecule has 4 heteroatoms. The van der Waals surface area contributed by atoms with E-state index >= 15 is 0 Å². The summed E-state index contributed by atoms with van der Waals surface area (Å²) in [5.41, 5.74) is 6.14. The summed E-state index contributed by atoms with van der Waals surface area (Å²) in [4.78, 5) is 0. The molecular weight excluding hydrogens is 118 g/mol. The van der Waals surface area contributed by atoms with Crippen molar-refractivity contribution < 1.29 is 4.74 Å². The standard InChI is InChI=1S/C5H5N3O/c6-5-4-3(7-8-5)1-2-9-4/h1H,2,6H2. The molecule has 2 aliphatic heterocycles. The van der Waals surface area contributed by atoms with Crippen molar-refractivity contribution in [3.05, 3.63) is 23.4 Å². The Morgan fingerprint density at radius 3 is 3.22 bits per heavy atom. The molecule has 0 amide bonds. The lowest BCUT2D eigenvalue weighted by Crippen LogP contribution is -1.95. The average Bonchev–Trinajstić information content (AvgIpc) is 2.35. The Morgan fingerprint density at radius 2 is 2.44 bits per heavy atom. The van der Waals surface area contributed by atoms with E-state index < -0.39 is 0 Å². The highest BCUT2D eigenvalue weighted by Crippen LogP contribution is 2.27. The van der Waals surface area contributed by atoms with E-state index in [1.165, 1.54) is 0 Å². The van der Waals surface area contributed by atoms with Crippen molar-refractivity contribution in [3.8, 4) is 0 Å². The van der Waals surface area contributed by atoms with Crippen LogP contribution < -0.4 is 5.73 Å². The summed E-state index contributed by atoms with van der Waals surface area (Å²) in [7, 11) is 0. The quantitative estimate of drug-likeness (QED) is 0.509. The molecule has 4 nitrogen and oxygen atoms in total. The summed E-state index contributed by atoms with van der Waals surface area (Å²) in [6, 6.07) is 0. The molecule has 0 fully saturated rings. The lowest BCUT2D eigenvalue weighted by atomic mass is 10.4. The number of azo groups is 1. The summed E-state index contributed by atoms with van der Waals surface area (Å²) in [6.45, 7) is 0.574. The zero-order chi connectivity index (χ0) is 6.27. The minimum atomic E-state index is 0.388. The van der Waals surface area contributed by atoms with Gasteiger partial charge in [0.1, 0.15) is 12.3 Å². The third-order valence-corrected chi connectivity index (χ3v) is 1.24. The Morgan fingerprint density at radius 1 is 1.56 bits per heavy atom. The van der Waals surface area contributed by atoms with E-state index in [9.17, 15) is 0 Å². The highest BCUT2D eigenvalue weighted by Gasteiger charge is 2.21. The number of nitrogens with two attached hydrogens (primary N) is 1. The topological polar surface area (TPSA) is 60.0 Å². The fourth-order valence-electron chi connectivity index (χ4n) is 0.815. The van der Waals surface area contributed by atoms with Crippen molar-refractivity contribution in [2.45, 2.75) is 0 Å². The van der Waals surface area contributed by atoms with Crippen molar-refractivity contribution in [2.75, 3.05) is 6.61 Å². The molecule has 2 aliphatic rings. The number of hydrogen-bond acceptors (Lipinski definition) is 4. The predicted molar refractivity (Wildman–Crippen MR) is 30.1 cm³/mol. The summed E-state index contributed by atoms with van der Waals surface area (Å²) >= 11 is 0. The Kier molecular flexibility index (Phi) is 0.677. The van der Waals surface area contributed by atoms with Gasteiger partial charge in [0.05, 0.1) is 0 Å². The van der Waals surface area contributed by atoms with Crippen molar-refractivity contribution in [2.24, 2.45) is 16.0 Å². The molecular formula is C5H5N3O. The molecule has 0 saturated carbocycles. The van der Waals surface area contributed by atoms with Crippen LogP contribution in [0.2, 0.25) is 0 Å². The fraction of sp³-hybridized carbons (Fsp3) is 0.200. The first kappa shape index (κ1) is 4.55. The van der Waals surface area contributed by atoms with Gasteiger partial charge in [-0.25, -0.2) is 0 Å². The molecule has 2 N–H and O–H groups in total. The maximum Gasteiger partial charge on any atom is 0.191 e. The number of nitrogens with zero attached hydrogens (tertiary/aromatic N) is 2. The van der Waals surface area contributed by atoms with Gasteiger partial charge in [0.25, 0.3) is 0 Å². The summed E-state index contributed by atoms with van der Waals surface area (Å²) in [5, 5.41) is 7.35. The van der Waals surface area contributed by atoms with Gasteiger partial charge in [0, 0.05) is 0 Å². The second-order valence-electron chi connectivity index (χ2n) is 1.81. The summed E-state index contributed by atoms with van der Waals surface area (Å²) in [6.07, 6.45) is 1.85. The van der Waals surface area contributed by atoms with Gasteiger partial charge in [-0.05, 0) is 6.08 Å². The largest absolute Gasteiger partial charge is 0.483 e. The third kappa shape index (κ3) is 0.468. The summed E-state index contributed by atoms with van der Waals surface area (Å²) < 4.78 is 5.06. The second-order valence-corrected chi connectivity index (χ2v) is 1.81. The van der Waals surface area contributed by atoms with Gasteiger partial charge in [-0.2, -0.15) is 0 Å². The van der Waals surface area contributed by atoms with Gasteiger partial charge in [-0.1, -0.05) is 0 Å². The van der Waals surface area contributed by atoms with Gasteiger partial charge in [0.15, 0.2) is 11.6 Å². The molecule has 0 atom stereocenters. The van der Waals surface area contributed by atoms with Crippen molar-refractivity contribution >= 4 is 0 Å². The van der Waals surface area contributed by atoms with Crippen LogP contribution in [0.5, 0.6) is 0 Å². The molecule has 0 aromatic heterocycles. The molecule has 0 bridgehead atoms.